The predicted octanol–water partition coefficient (Wildman–Crippen LogP) is 36.1. The molecule has 3 heterocycles. The maximum absolute atomic E-state index is 4.93. The number of para-hydroxylation sites is 4. The van der Waals surface area contributed by atoms with Crippen LogP contribution in [0.2, 0.25) is 61.4 Å². The predicted molar refractivity (Wildman–Crippen MR) is 578 cm³/mol. The van der Waals surface area contributed by atoms with Gasteiger partial charge in [0.05, 0.1) is 29.7 Å². The molecule has 24 rings (SSSR count). The molecule has 26 atom stereocenters. The van der Waals surface area contributed by atoms with E-state index in [9.17, 15) is 0 Å². The molecule has 10 saturated carbocycles. The van der Waals surface area contributed by atoms with Crippen LogP contribution in [-0.2, 0) is 41.7 Å². The van der Waals surface area contributed by atoms with E-state index in [-0.39, 0.29) is 29.7 Å². The van der Waals surface area contributed by atoms with E-state index in [1.165, 1.54) is 195 Å². The number of nitrogens with zero attached hydrogens (tertiary/aromatic N) is 3. The van der Waals surface area contributed by atoms with Gasteiger partial charge in [0.25, 0.3) is 0 Å². The second-order valence-corrected chi connectivity index (χ2v) is 67.2. The summed E-state index contributed by atoms with van der Waals surface area (Å²) in [5.41, 5.74) is 26.7. The molecule has 12 heteroatoms. The first-order valence-corrected chi connectivity index (χ1v) is 73.5. The number of rotatable bonds is 12. The summed E-state index contributed by atoms with van der Waals surface area (Å²) in [6.07, 6.45) is 38.3. The van der Waals surface area contributed by atoms with Gasteiger partial charge in [-0.3, -0.25) is 0 Å². The zero-order valence-corrected chi connectivity index (χ0v) is 93.5. The molecule has 702 valence electrons. The molecule has 12 aliphatic carbocycles. The van der Waals surface area contributed by atoms with E-state index < -0.39 is 65.9 Å². The molecule has 133 heavy (non-hydrogen) atoms. The molecule has 10 aromatic rings. The van der Waals surface area contributed by atoms with Gasteiger partial charge in [-0.2, -0.15) is 0 Å². The Morgan fingerprint density at radius 3 is 1.15 bits per heavy atom. The van der Waals surface area contributed by atoms with Crippen molar-refractivity contribution in [2.75, 3.05) is 9.80 Å². The fourth-order valence-corrected chi connectivity index (χ4v) is 52.7. The maximum atomic E-state index is 4.93. The van der Waals surface area contributed by atoms with Crippen LogP contribution in [0.1, 0.15) is 231 Å². The summed E-state index contributed by atoms with van der Waals surface area (Å²) in [6.45, 7) is 24.9. The minimum atomic E-state index is -2.09. The van der Waals surface area contributed by atoms with E-state index >= 15 is 0 Å². The van der Waals surface area contributed by atoms with Crippen molar-refractivity contribution in [3.8, 4) is 27.9 Å². The molecule has 0 radical (unpaired) electrons. The van der Waals surface area contributed by atoms with Crippen molar-refractivity contribution in [1.82, 2.24) is 4.57 Å². The number of hydrogen-bond donors (Lipinski definition) is 0. The van der Waals surface area contributed by atoms with E-state index in [1.807, 2.05) is 0 Å². The summed E-state index contributed by atoms with van der Waals surface area (Å²) in [6, 6.07) is 97.6. The normalized spacial score (nSPS) is 32.4. The zero-order chi connectivity index (χ0) is 88.6. The number of hydrogen-bond acceptors (Lipinski definition) is 2. The topological polar surface area (TPSA) is 11.4 Å². The third-order valence-corrected chi connectivity index (χ3v) is 53.1. The Morgan fingerprint density at radius 2 is 0.684 bits per heavy atom. The van der Waals surface area contributed by atoms with E-state index in [0.29, 0.717) is 11.1 Å². The zero-order valence-electron chi connectivity index (χ0n) is 82.6. The Balaban J connectivity index is 0.000000139. The monoisotopic (exact) mass is 2050 g/mol. The molecule has 9 aromatic carbocycles. The number of fused-ring (bicyclic) bond motifs is 18. The van der Waals surface area contributed by atoms with Crippen molar-refractivity contribution in [2.45, 2.75) is 283 Å². The minimum absolute atomic E-state index is 0. The molecule has 0 spiro atoms. The molecule has 0 amide bonds. The van der Waals surface area contributed by atoms with E-state index in [0.717, 1.165) is 141 Å². The first-order chi connectivity index (χ1) is 63.0. The third kappa shape index (κ3) is 18.3. The number of aromatic nitrogens is 1. The van der Waals surface area contributed by atoms with Crippen LogP contribution in [-0.4, -0.2) is 53.0 Å². The Hall–Kier alpha value is -4.56. The fraction of sp³-hybridized carbons (Fsp3) is 0.488. The summed E-state index contributed by atoms with van der Waals surface area (Å²) in [5, 5.41) is 1.36. The molecule has 1 aromatic heterocycles. The molecule has 14 aliphatic rings. The van der Waals surface area contributed by atoms with Crippen LogP contribution in [0.3, 0.4) is 0 Å². The molecule has 3 nitrogen and oxygen atoms in total. The summed E-state index contributed by atoms with van der Waals surface area (Å²) >= 11 is -1.65. The van der Waals surface area contributed by atoms with Gasteiger partial charge in [-0.25, -0.2) is 0 Å². The number of allylic oxidation sites excluding steroid dienone is 1. The molecule has 12 fully saturated rings. The summed E-state index contributed by atoms with van der Waals surface area (Å²) < 4.78 is 2.58. The van der Waals surface area contributed by atoms with Gasteiger partial charge in [-0.15, -0.1) is 0 Å². The van der Waals surface area contributed by atoms with Gasteiger partial charge in [0.2, 0.25) is 0 Å². The van der Waals surface area contributed by atoms with Crippen molar-refractivity contribution in [1.29, 1.82) is 0 Å². The number of anilines is 2. The van der Waals surface area contributed by atoms with Gasteiger partial charge in [-0.05, 0) is 275 Å². The average molecular weight is 2060 g/mol. The van der Waals surface area contributed by atoms with Crippen LogP contribution in [0.25, 0.3) is 44.9 Å². The van der Waals surface area contributed by atoms with Gasteiger partial charge in [0.1, 0.15) is 0 Å². The van der Waals surface area contributed by atoms with E-state index in [4.69, 9.17) is 34.1 Å². The summed E-state index contributed by atoms with van der Waals surface area (Å²) in [7, 11) is 14.4. The van der Waals surface area contributed by atoms with Crippen molar-refractivity contribution < 1.29 is 41.7 Å². The SMILES string of the molecule is CC1=Cc2c(-c3ccccc3)cccc2C1[Si](C)(C)C1c2ccccc2-c2c1n(-c1ccccc1)c1ccccc21.CC1CC2C(c3ccccc3)CCCC2C1[Si](C)(C)C1C2CCCCC2C2C3CCCCC3N(c3ccccc3)C21.CC1CC2C(c3ccccc3)CCCC2C1[Si](C)(C)C1C2CCCCC2C2C3CCCCC3N(c3ccccc3)C21.[CH3-].[CH3-].[CH3-].[CH3-].[Cl][Zr+2][Cl].[Cl][Zr+2][Cl]. The molecule has 2 saturated heterocycles. The van der Waals surface area contributed by atoms with Crippen LogP contribution in [0, 0.1) is 113 Å². The second-order valence-electron chi connectivity index (χ2n) is 45.0. The number of halogens is 4. The Bertz CT molecular complexity index is 5280. The first-order valence-electron chi connectivity index (χ1n) is 51.3. The van der Waals surface area contributed by atoms with Gasteiger partial charge >= 0.3 is 75.7 Å². The molecular formula is C121H155Cl4N3Si3Zr2. The summed E-state index contributed by atoms with van der Waals surface area (Å²) in [5.74, 6) is 15.1. The van der Waals surface area contributed by atoms with Crippen LogP contribution in [0.5, 0.6) is 0 Å². The standard InChI is InChI=1S/2C39H55NSi.C39H33NSi.4CH3.4ClH.2Zr/c3*1-26-25-34-29(27-15-6-4-7-16-27)22-14-23-32(34)38(26)41(2,3)39-31-20-11-10-19-30(31)36-33-21-12-13-24-35(33)40(37(36)39)28-17-8-5-9-18-28;;;;;;;;;;/h2*4-9,15-18,26,29-39H,10-14,19-25H2,1-3H3;4-25,38-39H,1-3H3;4*1H3;4*1H;;/q;;;4*-1;;;;;2*+4/p-4. The summed E-state index contributed by atoms with van der Waals surface area (Å²) in [4.78, 5) is 6.27. The number of benzene rings is 9. The third-order valence-electron chi connectivity index (χ3n) is 38.4. The average Bonchev–Trinajstić information content (AvgIpc) is 1.54. The Labute approximate surface area is 845 Å². The second kappa shape index (κ2) is 43.5. The van der Waals surface area contributed by atoms with E-state index in [1.54, 1.807) is 48.2 Å². The first kappa shape index (κ1) is 101. The molecule has 2 aliphatic heterocycles. The van der Waals surface area contributed by atoms with Crippen LogP contribution < -0.4 is 9.80 Å². The Kier molecular flexibility index (Phi) is 33.2. The molecule has 26 unspecified atom stereocenters. The van der Waals surface area contributed by atoms with Crippen LogP contribution in [0.4, 0.5) is 11.4 Å². The van der Waals surface area contributed by atoms with Crippen LogP contribution >= 0.6 is 34.1 Å². The van der Waals surface area contributed by atoms with Crippen molar-refractivity contribution in [3.63, 3.8) is 0 Å². The van der Waals surface area contributed by atoms with Crippen molar-refractivity contribution in [3.05, 3.63) is 318 Å². The van der Waals surface area contributed by atoms with Crippen molar-refractivity contribution >= 4 is 86.6 Å². The Morgan fingerprint density at radius 1 is 0.323 bits per heavy atom. The van der Waals surface area contributed by atoms with Gasteiger partial charge < -0.3 is 44.1 Å². The quantitative estimate of drug-likeness (QED) is 0.0892. The molecule has 0 N–H and O–H groups in total. The van der Waals surface area contributed by atoms with Gasteiger partial charge in [-0.1, -0.05) is 361 Å². The van der Waals surface area contributed by atoms with Gasteiger partial charge in [0, 0.05) is 69.0 Å². The van der Waals surface area contributed by atoms with Crippen molar-refractivity contribution in [2.24, 2.45) is 82.9 Å². The van der Waals surface area contributed by atoms with Crippen LogP contribution in [0.15, 0.2) is 254 Å². The molecule has 0 bridgehead atoms. The van der Waals surface area contributed by atoms with Gasteiger partial charge in [0.15, 0.2) is 0 Å². The fourth-order valence-electron chi connectivity index (χ4n) is 35.3. The van der Waals surface area contributed by atoms with E-state index in [2.05, 4.69) is 329 Å². The molecular weight excluding hydrogens is 1900 g/mol.